The zero-order chi connectivity index (χ0) is 16.4. The topological polar surface area (TPSA) is 53.7 Å². The smallest absolute Gasteiger partial charge is 0.203 e. The van der Waals surface area contributed by atoms with Crippen LogP contribution in [0.3, 0.4) is 0 Å². The number of ether oxygens (including phenoxy) is 3. The zero-order valence-corrected chi connectivity index (χ0v) is 13.9. The molecule has 2 aromatic rings. The Labute approximate surface area is 137 Å². The number of fused-ring (bicyclic) bond motifs is 2. The second-order valence-corrected chi connectivity index (χ2v) is 5.71. The Kier molecular flexibility index (Phi) is 4.44. The normalized spacial score (nSPS) is 16.1. The quantitative estimate of drug-likeness (QED) is 0.943. The molecule has 23 heavy (non-hydrogen) atoms. The van der Waals surface area contributed by atoms with Gasteiger partial charge >= 0.3 is 0 Å². The summed E-state index contributed by atoms with van der Waals surface area (Å²) in [7, 11) is 4.95. The van der Waals surface area contributed by atoms with Crippen LogP contribution in [0.2, 0.25) is 0 Å². The summed E-state index contributed by atoms with van der Waals surface area (Å²) >= 11 is 0. The molecule has 0 amide bonds. The van der Waals surface area contributed by atoms with Gasteiger partial charge in [-0.05, 0) is 35.6 Å². The maximum Gasteiger partial charge on any atom is 0.203 e. The van der Waals surface area contributed by atoms with Gasteiger partial charge in [0.15, 0.2) is 11.5 Å². The van der Waals surface area contributed by atoms with E-state index in [9.17, 15) is 0 Å². The van der Waals surface area contributed by atoms with Gasteiger partial charge in [0, 0.05) is 18.0 Å². The SMILES string of the molecule is COc1cc2c(c(OC)c1OC)[C@H](CN)c1ccccc1CC2. The second kappa shape index (κ2) is 6.50. The van der Waals surface area contributed by atoms with Crippen LogP contribution in [0.1, 0.15) is 28.2 Å². The van der Waals surface area contributed by atoms with Crippen LogP contribution in [0.5, 0.6) is 17.2 Å². The Morgan fingerprint density at radius 2 is 1.65 bits per heavy atom. The number of aryl methyl sites for hydroxylation is 2. The zero-order valence-electron chi connectivity index (χ0n) is 13.9. The van der Waals surface area contributed by atoms with Gasteiger partial charge in [-0.15, -0.1) is 0 Å². The molecule has 0 aliphatic heterocycles. The Morgan fingerprint density at radius 1 is 0.957 bits per heavy atom. The molecule has 2 N–H and O–H groups in total. The third kappa shape index (κ3) is 2.53. The lowest BCUT2D eigenvalue weighted by molar-refractivity contribution is 0.321. The molecule has 1 aliphatic rings. The molecular weight excluding hydrogens is 290 g/mol. The van der Waals surface area contributed by atoms with Gasteiger partial charge in [-0.25, -0.2) is 0 Å². The van der Waals surface area contributed by atoms with Crippen LogP contribution in [0.4, 0.5) is 0 Å². The van der Waals surface area contributed by atoms with Crippen molar-refractivity contribution in [3.63, 3.8) is 0 Å². The highest BCUT2D eigenvalue weighted by atomic mass is 16.5. The average Bonchev–Trinajstić information content (AvgIpc) is 2.76. The predicted octanol–water partition coefficient (Wildman–Crippen LogP) is 2.90. The Morgan fingerprint density at radius 3 is 2.30 bits per heavy atom. The summed E-state index contributed by atoms with van der Waals surface area (Å²) < 4.78 is 16.8. The average molecular weight is 313 g/mol. The van der Waals surface area contributed by atoms with E-state index in [0.29, 0.717) is 18.0 Å². The maximum atomic E-state index is 6.16. The van der Waals surface area contributed by atoms with Crippen molar-refractivity contribution in [3.8, 4) is 17.2 Å². The van der Waals surface area contributed by atoms with Crippen LogP contribution < -0.4 is 19.9 Å². The minimum atomic E-state index is 0.0958. The molecule has 2 aromatic carbocycles. The van der Waals surface area contributed by atoms with Crippen LogP contribution in [0.25, 0.3) is 0 Å². The van der Waals surface area contributed by atoms with Crippen molar-refractivity contribution in [2.75, 3.05) is 27.9 Å². The lowest BCUT2D eigenvalue weighted by Gasteiger charge is -2.24. The standard InChI is InChI=1S/C19H23NO3/c1-21-16-10-13-9-8-12-6-4-5-7-14(12)15(11-20)17(13)19(23-3)18(16)22-2/h4-7,10,15H,8-9,11,20H2,1-3H3/t15-/m1/s1. The summed E-state index contributed by atoms with van der Waals surface area (Å²) in [5, 5.41) is 0. The number of nitrogens with two attached hydrogens (primary N) is 1. The van der Waals surface area contributed by atoms with Crippen molar-refractivity contribution >= 4 is 0 Å². The molecule has 0 saturated carbocycles. The highest BCUT2D eigenvalue weighted by Gasteiger charge is 2.29. The molecule has 0 spiro atoms. The summed E-state index contributed by atoms with van der Waals surface area (Å²) in [6.45, 7) is 0.524. The highest BCUT2D eigenvalue weighted by molar-refractivity contribution is 5.63. The van der Waals surface area contributed by atoms with E-state index in [2.05, 4.69) is 30.3 Å². The van der Waals surface area contributed by atoms with E-state index in [0.717, 1.165) is 24.2 Å². The third-order valence-corrected chi connectivity index (χ3v) is 4.63. The number of hydrogen-bond acceptors (Lipinski definition) is 4. The Bertz CT molecular complexity index is 712. The van der Waals surface area contributed by atoms with E-state index >= 15 is 0 Å². The van der Waals surface area contributed by atoms with Crippen molar-refractivity contribution in [1.29, 1.82) is 0 Å². The molecule has 122 valence electrons. The Balaban J connectivity index is 2.29. The van der Waals surface area contributed by atoms with Crippen LogP contribution in [-0.2, 0) is 12.8 Å². The highest BCUT2D eigenvalue weighted by Crippen LogP contribution is 2.48. The monoisotopic (exact) mass is 313 g/mol. The van der Waals surface area contributed by atoms with Crippen molar-refractivity contribution in [2.45, 2.75) is 18.8 Å². The third-order valence-electron chi connectivity index (χ3n) is 4.63. The lowest BCUT2D eigenvalue weighted by atomic mass is 9.87. The molecule has 0 saturated heterocycles. The van der Waals surface area contributed by atoms with Crippen LogP contribution in [0.15, 0.2) is 30.3 Å². The minimum Gasteiger partial charge on any atom is -0.493 e. The lowest BCUT2D eigenvalue weighted by Crippen LogP contribution is -2.17. The summed E-state index contributed by atoms with van der Waals surface area (Å²) in [6, 6.07) is 10.6. The van der Waals surface area contributed by atoms with Gasteiger partial charge in [0.25, 0.3) is 0 Å². The fourth-order valence-corrected chi connectivity index (χ4v) is 3.59. The Hall–Kier alpha value is -2.20. The fourth-order valence-electron chi connectivity index (χ4n) is 3.59. The summed E-state index contributed by atoms with van der Waals surface area (Å²) in [6.07, 6.45) is 1.91. The van der Waals surface area contributed by atoms with E-state index in [-0.39, 0.29) is 5.92 Å². The number of benzene rings is 2. The molecule has 0 fully saturated rings. The number of methoxy groups -OCH3 is 3. The largest absolute Gasteiger partial charge is 0.493 e. The number of rotatable bonds is 4. The molecule has 0 radical (unpaired) electrons. The van der Waals surface area contributed by atoms with Gasteiger partial charge in [-0.3, -0.25) is 0 Å². The fraction of sp³-hybridized carbons (Fsp3) is 0.368. The maximum absolute atomic E-state index is 6.16. The predicted molar refractivity (Wildman–Crippen MR) is 90.8 cm³/mol. The second-order valence-electron chi connectivity index (χ2n) is 5.71. The molecule has 1 atom stereocenters. The minimum absolute atomic E-state index is 0.0958. The van der Waals surface area contributed by atoms with E-state index < -0.39 is 0 Å². The van der Waals surface area contributed by atoms with Crippen molar-refractivity contribution < 1.29 is 14.2 Å². The van der Waals surface area contributed by atoms with E-state index in [1.54, 1.807) is 21.3 Å². The molecule has 3 rings (SSSR count). The molecule has 0 heterocycles. The first-order valence-electron chi connectivity index (χ1n) is 7.84. The van der Waals surface area contributed by atoms with Gasteiger partial charge in [0.2, 0.25) is 5.75 Å². The van der Waals surface area contributed by atoms with Crippen LogP contribution in [-0.4, -0.2) is 27.9 Å². The van der Waals surface area contributed by atoms with Gasteiger partial charge in [0.1, 0.15) is 0 Å². The summed E-state index contributed by atoms with van der Waals surface area (Å²) in [5.74, 6) is 2.16. The van der Waals surface area contributed by atoms with Crippen molar-refractivity contribution in [1.82, 2.24) is 0 Å². The molecule has 0 aromatic heterocycles. The first-order valence-corrected chi connectivity index (χ1v) is 7.84. The van der Waals surface area contributed by atoms with Crippen LogP contribution in [0, 0.1) is 0 Å². The van der Waals surface area contributed by atoms with Crippen molar-refractivity contribution in [3.05, 3.63) is 52.6 Å². The molecule has 1 aliphatic carbocycles. The van der Waals surface area contributed by atoms with Gasteiger partial charge in [-0.2, -0.15) is 0 Å². The number of hydrogen-bond donors (Lipinski definition) is 1. The summed E-state index contributed by atoms with van der Waals surface area (Å²) in [4.78, 5) is 0. The first kappa shape index (κ1) is 15.7. The molecule has 0 unspecified atom stereocenters. The summed E-state index contributed by atoms with van der Waals surface area (Å²) in [5.41, 5.74) is 11.1. The molecule has 4 heteroatoms. The van der Waals surface area contributed by atoms with E-state index in [1.807, 2.05) is 0 Å². The molecule has 0 bridgehead atoms. The van der Waals surface area contributed by atoms with E-state index in [4.69, 9.17) is 19.9 Å². The molecule has 4 nitrogen and oxygen atoms in total. The van der Waals surface area contributed by atoms with Crippen LogP contribution >= 0.6 is 0 Å². The van der Waals surface area contributed by atoms with Gasteiger partial charge in [-0.1, -0.05) is 24.3 Å². The van der Waals surface area contributed by atoms with E-state index in [1.165, 1.54) is 16.7 Å². The van der Waals surface area contributed by atoms with Gasteiger partial charge in [0.05, 0.1) is 21.3 Å². The molecular formula is C19H23NO3. The first-order chi connectivity index (χ1) is 11.2. The van der Waals surface area contributed by atoms with Crippen molar-refractivity contribution in [2.24, 2.45) is 5.73 Å². The van der Waals surface area contributed by atoms with Gasteiger partial charge < -0.3 is 19.9 Å².